The number of sulfonamides is 1. The Morgan fingerprint density at radius 3 is 2.57 bits per heavy atom. The third-order valence-corrected chi connectivity index (χ3v) is 5.71. The van der Waals surface area contributed by atoms with Gasteiger partial charge in [0.1, 0.15) is 0 Å². The maximum absolute atomic E-state index is 12.5. The van der Waals surface area contributed by atoms with Crippen molar-refractivity contribution in [1.29, 1.82) is 0 Å². The van der Waals surface area contributed by atoms with Crippen molar-refractivity contribution in [1.82, 2.24) is 9.29 Å². The molecule has 120 valence electrons. The van der Waals surface area contributed by atoms with Crippen LogP contribution in [0.2, 0.25) is 0 Å². The van der Waals surface area contributed by atoms with Crippen molar-refractivity contribution < 1.29 is 13.5 Å². The van der Waals surface area contributed by atoms with E-state index in [9.17, 15) is 13.5 Å². The van der Waals surface area contributed by atoms with Gasteiger partial charge in [-0.15, -0.1) is 0 Å². The number of nitrogens with one attached hydrogen (secondary N) is 1. The minimum Gasteiger partial charge on any atom is -0.390 e. The molecular weight excluding hydrogens is 288 g/mol. The summed E-state index contributed by atoms with van der Waals surface area (Å²) in [5.41, 5.74) is 0.824. The number of aromatic nitrogens is 1. The average Bonchev–Trinajstić information content (AvgIpc) is 2.92. The summed E-state index contributed by atoms with van der Waals surface area (Å²) in [4.78, 5) is 0.241. The normalized spacial score (nSPS) is 22.1. The Labute approximate surface area is 127 Å². The molecule has 0 spiro atoms. The molecule has 1 unspecified atom stereocenters. The minimum atomic E-state index is -3.52. The van der Waals surface area contributed by atoms with Crippen LogP contribution in [-0.2, 0) is 16.6 Å². The van der Waals surface area contributed by atoms with Crippen molar-refractivity contribution in [3.8, 4) is 0 Å². The lowest BCUT2D eigenvalue weighted by Crippen LogP contribution is -2.33. The van der Waals surface area contributed by atoms with E-state index in [1.54, 1.807) is 16.8 Å². The molecule has 1 aliphatic carbocycles. The predicted octanol–water partition coefficient (Wildman–Crippen LogP) is 2.42. The number of rotatable bonds is 5. The Bertz CT molecular complexity index is 602. The van der Waals surface area contributed by atoms with Crippen molar-refractivity contribution in [2.24, 2.45) is 5.41 Å². The summed E-state index contributed by atoms with van der Waals surface area (Å²) in [6.07, 6.45) is 4.39. The van der Waals surface area contributed by atoms with Gasteiger partial charge in [-0.05, 0) is 44.6 Å². The molecule has 1 aromatic heterocycles. The van der Waals surface area contributed by atoms with Gasteiger partial charge in [0.2, 0.25) is 10.0 Å². The van der Waals surface area contributed by atoms with Gasteiger partial charge < -0.3 is 9.67 Å². The Kier molecular flexibility index (Phi) is 4.52. The lowest BCUT2D eigenvalue weighted by molar-refractivity contribution is 0.268. The molecular formula is C15H26N2O3S. The molecule has 1 heterocycles. The van der Waals surface area contributed by atoms with E-state index in [0.29, 0.717) is 5.69 Å². The topological polar surface area (TPSA) is 71.3 Å². The van der Waals surface area contributed by atoms with Gasteiger partial charge in [0, 0.05) is 24.0 Å². The molecule has 1 atom stereocenters. The van der Waals surface area contributed by atoms with Gasteiger partial charge in [-0.2, -0.15) is 0 Å². The molecule has 0 radical (unpaired) electrons. The Morgan fingerprint density at radius 2 is 2.14 bits per heavy atom. The van der Waals surface area contributed by atoms with E-state index in [0.717, 1.165) is 19.3 Å². The first-order valence-electron chi connectivity index (χ1n) is 7.48. The van der Waals surface area contributed by atoms with Crippen LogP contribution in [-0.4, -0.2) is 24.1 Å². The fourth-order valence-corrected chi connectivity index (χ4v) is 4.39. The summed E-state index contributed by atoms with van der Waals surface area (Å²) in [6.45, 7) is 8.09. The molecule has 1 aromatic rings. The van der Waals surface area contributed by atoms with Crippen LogP contribution in [0, 0.1) is 5.41 Å². The summed E-state index contributed by atoms with van der Waals surface area (Å²) in [5, 5.41) is 9.36. The molecule has 2 N–H and O–H groups in total. The highest BCUT2D eigenvalue weighted by molar-refractivity contribution is 7.89. The number of hydrogen-bond donors (Lipinski definition) is 2. The van der Waals surface area contributed by atoms with Gasteiger partial charge in [-0.25, -0.2) is 13.1 Å². The minimum absolute atomic E-state index is 0.00461. The van der Waals surface area contributed by atoms with E-state index in [-0.39, 0.29) is 29.0 Å². The first kappa shape index (κ1) is 16.5. The van der Waals surface area contributed by atoms with E-state index in [1.165, 1.54) is 0 Å². The molecule has 6 heteroatoms. The molecule has 5 nitrogen and oxygen atoms in total. The lowest BCUT2D eigenvalue weighted by atomic mass is 9.92. The van der Waals surface area contributed by atoms with Gasteiger partial charge in [0.15, 0.2) is 0 Å². The highest BCUT2D eigenvalue weighted by atomic mass is 32.2. The van der Waals surface area contributed by atoms with Crippen LogP contribution in [0.15, 0.2) is 17.2 Å². The molecule has 1 saturated carbocycles. The largest absolute Gasteiger partial charge is 0.390 e. The van der Waals surface area contributed by atoms with Crippen LogP contribution in [0.4, 0.5) is 0 Å². The quantitative estimate of drug-likeness (QED) is 0.877. The second-order valence-corrected chi connectivity index (χ2v) is 8.77. The van der Waals surface area contributed by atoms with E-state index >= 15 is 0 Å². The van der Waals surface area contributed by atoms with Crippen LogP contribution in [0.3, 0.4) is 0 Å². The standard InChI is InChI=1S/C15H26N2O3S/c1-11(2)17-9-14(7-13(17)10-18)21(19,20)16-12-5-6-15(3,4)8-12/h7,9,11-12,16,18H,5-6,8,10H2,1-4H3. The van der Waals surface area contributed by atoms with E-state index < -0.39 is 10.0 Å². The van der Waals surface area contributed by atoms with E-state index in [4.69, 9.17) is 0 Å². The van der Waals surface area contributed by atoms with Crippen LogP contribution in [0.1, 0.15) is 58.7 Å². The van der Waals surface area contributed by atoms with Gasteiger partial charge >= 0.3 is 0 Å². The molecule has 1 aliphatic rings. The maximum atomic E-state index is 12.5. The van der Waals surface area contributed by atoms with Crippen molar-refractivity contribution in [3.63, 3.8) is 0 Å². The molecule has 2 rings (SSSR count). The SMILES string of the molecule is CC(C)n1cc(S(=O)(=O)NC2CCC(C)(C)C2)cc1CO. The summed E-state index contributed by atoms with van der Waals surface area (Å²) < 4.78 is 29.6. The fraction of sp³-hybridized carbons (Fsp3) is 0.733. The van der Waals surface area contributed by atoms with Crippen LogP contribution in [0.25, 0.3) is 0 Å². The molecule has 0 aliphatic heterocycles. The number of aliphatic hydroxyl groups excluding tert-OH is 1. The van der Waals surface area contributed by atoms with Crippen molar-refractivity contribution in [2.45, 2.75) is 70.5 Å². The van der Waals surface area contributed by atoms with Gasteiger partial charge in [0.25, 0.3) is 0 Å². The van der Waals surface area contributed by atoms with Crippen LogP contribution < -0.4 is 4.72 Å². The zero-order valence-corrected chi connectivity index (χ0v) is 14.1. The summed E-state index contributed by atoms with van der Waals surface area (Å²) in [6, 6.07) is 1.68. The molecule has 0 bridgehead atoms. The highest BCUT2D eigenvalue weighted by Crippen LogP contribution is 2.37. The lowest BCUT2D eigenvalue weighted by Gasteiger charge is -2.17. The Balaban J connectivity index is 2.20. The number of nitrogens with zero attached hydrogens (tertiary/aromatic N) is 1. The monoisotopic (exact) mass is 314 g/mol. The van der Waals surface area contributed by atoms with Crippen LogP contribution in [0.5, 0.6) is 0 Å². The number of aliphatic hydroxyl groups is 1. The number of hydrogen-bond acceptors (Lipinski definition) is 3. The Hall–Kier alpha value is -0.850. The van der Waals surface area contributed by atoms with Gasteiger partial charge in [0.05, 0.1) is 11.5 Å². The summed E-state index contributed by atoms with van der Waals surface area (Å²) in [7, 11) is -3.52. The molecule has 1 fully saturated rings. The van der Waals surface area contributed by atoms with Gasteiger partial charge in [-0.3, -0.25) is 0 Å². The van der Waals surface area contributed by atoms with Crippen LogP contribution >= 0.6 is 0 Å². The molecule has 0 aromatic carbocycles. The van der Waals surface area contributed by atoms with E-state index in [2.05, 4.69) is 18.6 Å². The molecule has 21 heavy (non-hydrogen) atoms. The summed E-state index contributed by atoms with van der Waals surface area (Å²) in [5.74, 6) is 0. The fourth-order valence-electron chi connectivity index (χ4n) is 3.08. The van der Waals surface area contributed by atoms with Gasteiger partial charge in [-0.1, -0.05) is 13.8 Å². The third kappa shape index (κ3) is 3.67. The van der Waals surface area contributed by atoms with Crippen molar-refractivity contribution in [2.75, 3.05) is 0 Å². The molecule has 0 saturated heterocycles. The van der Waals surface area contributed by atoms with Crippen molar-refractivity contribution >= 4 is 10.0 Å². The zero-order valence-electron chi connectivity index (χ0n) is 13.3. The molecule has 0 amide bonds. The van der Waals surface area contributed by atoms with E-state index in [1.807, 2.05) is 13.8 Å². The van der Waals surface area contributed by atoms with Crippen molar-refractivity contribution in [3.05, 3.63) is 18.0 Å². The second-order valence-electron chi connectivity index (χ2n) is 7.05. The average molecular weight is 314 g/mol. The highest BCUT2D eigenvalue weighted by Gasteiger charge is 2.33. The third-order valence-electron chi connectivity index (χ3n) is 4.23. The predicted molar refractivity (Wildman–Crippen MR) is 82.5 cm³/mol. The smallest absolute Gasteiger partial charge is 0.242 e. The zero-order chi connectivity index (χ0) is 15.8. The first-order valence-corrected chi connectivity index (χ1v) is 8.97. The second kappa shape index (κ2) is 5.74. The first-order chi connectivity index (χ1) is 9.64. The Morgan fingerprint density at radius 1 is 1.48 bits per heavy atom. The maximum Gasteiger partial charge on any atom is 0.242 e. The summed E-state index contributed by atoms with van der Waals surface area (Å²) >= 11 is 0.